The average molecular weight is 182 g/mol. The molecule has 2 fully saturated rings. The second-order valence-electron chi connectivity index (χ2n) is 4.79. The molecule has 2 rings (SSSR count). The van der Waals surface area contributed by atoms with Gasteiger partial charge in [0.05, 0.1) is 0 Å². The number of nitrogens with one attached hydrogen (secondary N) is 1. The minimum Gasteiger partial charge on any atom is -0.328 e. The van der Waals surface area contributed by atoms with Crippen molar-refractivity contribution in [1.29, 1.82) is 0 Å². The second-order valence-corrected chi connectivity index (χ2v) is 4.79. The van der Waals surface area contributed by atoms with Gasteiger partial charge < -0.3 is 11.1 Å². The number of hydrogen-bond donors (Lipinski definition) is 2. The van der Waals surface area contributed by atoms with Crippen LogP contribution in [0.2, 0.25) is 0 Å². The van der Waals surface area contributed by atoms with Crippen LogP contribution >= 0.6 is 0 Å². The van der Waals surface area contributed by atoms with E-state index in [0.29, 0.717) is 6.04 Å². The van der Waals surface area contributed by atoms with Crippen LogP contribution in [0.15, 0.2) is 0 Å². The third-order valence-electron chi connectivity index (χ3n) is 3.67. The molecule has 0 heterocycles. The van der Waals surface area contributed by atoms with Gasteiger partial charge >= 0.3 is 0 Å². The maximum absolute atomic E-state index is 5.87. The highest BCUT2D eigenvalue weighted by Crippen LogP contribution is 2.34. The van der Waals surface area contributed by atoms with Crippen LogP contribution in [-0.2, 0) is 0 Å². The largest absolute Gasteiger partial charge is 0.328 e. The highest BCUT2D eigenvalue weighted by Gasteiger charge is 2.36. The van der Waals surface area contributed by atoms with Crippen LogP contribution in [0.5, 0.6) is 0 Å². The van der Waals surface area contributed by atoms with E-state index in [-0.39, 0.29) is 0 Å². The summed E-state index contributed by atoms with van der Waals surface area (Å²) in [6.45, 7) is 2.29. The molecule has 0 aliphatic heterocycles. The Labute approximate surface area is 81.3 Å². The van der Waals surface area contributed by atoms with Gasteiger partial charge in [-0.25, -0.2) is 0 Å². The fourth-order valence-electron chi connectivity index (χ4n) is 2.49. The summed E-state index contributed by atoms with van der Waals surface area (Å²) in [6.07, 6.45) is 7.81. The summed E-state index contributed by atoms with van der Waals surface area (Å²) in [4.78, 5) is 0. The average Bonchev–Trinajstić information content (AvgIpc) is 2.88. The van der Waals surface area contributed by atoms with E-state index >= 15 is 0 Å². The van der Waals surface area contributed by atoms with E-state index in [1.54, 1.807) is 0 Å². The van der Waals surface area contributed by atoms with Crippen molar-refractivity contribution in [3.63, 3.8) is 0 Å². The van der Waals surface area contributed by atoms with Crippen molar-refractivity contribution in [2.45, 2.75) is 63.6 Å². The van der Waals surface area contributed by atoms with E-state index in [1.165, 1.54) is 38.5 Å². The number of hydrogen-bond acceptors (Lipinski definition) is 2. The Hall–Kier alpha value is -0.0800. The summed E-state index contributed by atoms with van der Waals surface area (Å²) < 4.78 is 0. The molecule has 0 radical (unpaired) electrons. The highest BCUT2D eigenvalue weighted by molar-refractivity contribution is 4.95. The molecule has 2 nitrogen and oxygen atoms in total. The lowest BCUT2D eigenvalue weighted by Crippen LogP contribution is -2.38. The zero-order chi connectivity index (χ0) is 9.26. The van der Waals surface area contributed by atoms with Gasteiger partial charge in [-0.15, -0.1) is 0 Å². The lowest BCUT2D eigenvalue weighted by Gasteiger charge is -2.27. The molecule has 0 spiro atoms. The fraction of sp³-hybridized carbons (Fsp3) is 1.00. The van der Waals surface area contributed by atoms with Crippen molar-refractivity contribution in [1.82, 2.24) is 5.32 Å². The van der Waals surface area contributed by atoms with Crippen LogP contribution in [0.1, 0.15) is 45.4 Å². The minimum absolute atomic E-state index is 0.485. The van der Waals surface area contributed by atoms with Crippen LogP contribution in [0, 0.1) is 5.92 Å². The van der Waals surface area contributed by atoms with Gasteiger partial charge in [-0.1, -0.05) is 13.3 Å². The molecular weight excluding hydrogens is 160 g/mol. The molecule has 0 amide bonds. The molecule has 2 atom stereocenters. The third kappa shape index (κ3) is 2.44. The molecule has 2 aliphatic carbocycles. The summed E-state index contributed by atoms with van der Waals surface area (Å²) in [5, 5.41) is 3.76. The minimum atomic E-state index is 0.485. The SMILES string of the molecule is CC[C@@H]1C[C@H]1NC1CCC(N)CC1. The van der Waals surface area contributed by atoms with Crippen LogP contribution in [-0.4, -0.2) is 18.1 Å². The maximum Gasteiger partial charge on any atom is 0.0102 e. The smallest absolute Gasteiger partial charge is 0.0102 e. The summed E-state index contributed by atoms with van der Waals surface area (Å²) >= 11 is 0. The van der Waals surface area contributed by atoms with E-state index in [4.69, 9.17) is 5.73 Å². The molecule has 0 bridgehead atoms. The van der Waals surface area contributed by atoms with Crippen molar-refractivity contribution in [2.24, 2.45) is 11.7 Å². The molecule has 3 N–H and O–H groups in total. The third-order valence-corrected chi connectivity index (χ3v) is 3.67. The van der Waals surface area contributed by atoms with Gasteiger partial charge in [0, 0.05) is 18.1 Å². The molecule has 0 aromatic heterocycles. The monoisotopic (exact) mass is 182 g/mol. The van der Waals surface area contributed by atoms with Crippen LogP contribution < -0.4 is 11.1 Å². The van der Waals surface area contributed by atoms with E-state index < -0.39 is 0 Å². The zero-order valence-corrected chi connectivity index (χ0v) is 8.63. The van der Waals surface area contributed by atoms with Crippen molar-refractivity contribution in [2.75, 3.05) is 0 Å². The summed E-state index contributed by atoms with van der Waals surface area (Å²) in [7, 11) is 0. The zero-order valence-electron chi connectivity index (χ0n) is 8.63. The van der Waals surface area contributed by atoms with Gasteiger partial charge in [0.15, 0.2) is 0 Å². The molecule has 2 aliphatic rings. The van der Waals surface area contributed by atoms with E-state index in [2.05, 4.69) is 12.2 Å². The van der Waals surface area contributed by atoms with E-state index in [1.807, 2.05) is 0 Å². The van der Waals surface area contributed by atoms with E-state index in [0.717, 1.165) is 18.0 Å². The Balaban J connectivity index is 1.66. The van der Waals surface area contributed by atoms with Gasteiger partial charge in [0.25, 0.3) is 0 Å². The summed E-state index contributed by atoms with van der Waals surface area (Å²) in [6, 6.07) is 2.12. The van der Waals surface area contributed by atoms with Crippen LogP contribution in [0.4, 0.5) is 0 Å². The maximum atomic E-state index is 5.87. The molecule has 0 aromatic carbocycles. The standard InChI is InChI=1S/C11H22N2/c1-2-8-7-11(8)13-10-5-3-9(12)4-6-10/h8-11,13H,2-7,12H2,1H3/t8-,9?,10?,11-/m1/s1. The van der Waals surface area contributed by atoms with Crippen molar-refractivity contribution < 1.29 is 0 Å². The first-order valence-electron chi connectivity index (χ1n) is 5.81. The second kappa shape index (κ2) is 3.97. The van der Waals surface area contributed by atoms with Gasteiger partial charge in [-0.3, -0.25) is 0 Å². The van der Waals surface area contributed by atoms with E-state index in [9.17, 15) is 0 Å². The first-order chi connectivity index (χ1) is 6.29. The Morgan fingerprint density at radius 2 is 1.92 bits per heavy atom. The fourth-order valence-corrected chi connectivity index (χ4v) is 2.49. The summed E-state index contributed by atoms with van der Waals surface area (Å²) in [5.74, 6) is 0.982. The molecule has 0 saturated heterocycles. The van der Waals surface area contributed by atoms with Crippen LogP contribution in [0.3, 0.4) is 0 Å². The Morgan fingerprint density at radius 1 is 1.23 bits per heavy atom. The van der Waals surface area contributed by atoms with Crippen molar-refractivity contribution in [3.05, 3.63) is 0 Å². The van der Waals surface area contributed by atoms with Gasteiger partial charge in [-0.2, -0.15) is 0 Å². The Morgan fingerprint density at radius 3 is 2.46 bits per heavy atom. The highest BCUT2D eigenvalue weighted by atomic mass is 15.0. The molecule has 2 heteroatoms. The van der Waals surface area contributed by atoms with Crippen molar-refractivity contribution >= 4 is 0 Å². The first-order valence-corrected chi connectivity index (χ1v) is 5.81. The molecule has 0 unspecified atom stereocenters. The molecular formula is C11H22N2. The quantitative estimate of drug-likeness (QED) is 0.696. The van der Waals surface area contributed by atoms with Gasteiger partial charge in [0.2, 0.25) is 0 Å². The molecule has 2 saturated carbocycles. The van der Waals surface area contributed by atoms with Crippen molar-refractivity contribution in [3.8, 4) is 0 Å². The van der Waals surface area contributed by atoms with Gasteiger partial charge in [-0.05, 0) is 38.0 Å². The molecule has 76 valence electrons. The number of nitrogens with two attached hydrogens (primary N) is 1. The lowest BCUT2D eigenvalue weighted by atomic mass is 9.92. The normalized spacial score (nSPS) is 44.8. The van der Waals surface area contributed by atoms with Crippen LogP contribution in [0.25, 0.3) is 0 Å². The Bertz CT molecular complexity index is 161. The lowest BCUT2D eigenvalue weighted by molar-refractivity contribution is 0.336. The molecule has 13 heavy (non-hydrogen) atoms. The van der Waals surface area contributed by atoms with Gasteiger partial charge in [0.1, 0.15) is 0 Å². The predicted molar refractivity (Wildman–Crippen MR) is 55.6 cm³/mol. The molecule has 0 aromatic rings. The predicted octanol–water partition coefficient (Wildman–Crippen LogP) is 1.64. The topological polar surface area (TPSA) is 38.0 Å². The Kier molecular flexibility index (Phi) is 2.89. The first kappa shape index (κ1) is 9.47. The number of rotatable bonds is 3. The summed E-state index contributed by atoms with van der Waals surface area (Å²) in [5.41, 5.74) is 5.87.